The monoisotopic (exact) mass is 189 g/mol. The maximum absolute atomic E-state index is 10.8. The van der Waals surface area contributed by atoms with Crippen LogP contribution in [-0.2, 0) is 0 Å². The summed E-state index contributed by atoms with van der Waals surface area (Å²) in [6.45, 7) is 0. The van der Waals surface area contributed by atoms with Crippen LogP contribution in [0.25, 0.3) is 10.9 Å². The zero-order valence-electron chi connectivity index (χ0n) is 7.14. The number of hydrogen-bond acceptors (Lipinski definition) is 3. The molecular weight excluding hydrogens is 182 g/mol. The molecule has 0 aliphatic heterocycles. The average Bonchev–Trinajstić information content (AvgIpc) is 2.16. The van der Waals surface area contributed by atoms with Crippen LogP contribution < -0.4 is 0 Å². The molecule has 70 valence electrons. The first kappa shape index (κ1) is 8.50. The van der Waals surface area contributed by atoms with Gasteiger partial charge < -0.3 is 10.2 Å². The summed E-state index contributed by atoms with van der Waals surface area (Å²) < 4.78 is 0. The summed E-state index contributed by atoms with van der Waals surface area (Å²) in [5.41, 5.74) is 0.667. The van der Waals surface area contributed by atoms with Crippen molar-refractivity contribution in [2.75, 3.05) is 0 Å². The molecule has 0 amide bonds. The molecule has 0 unspecified atom stereocenters. The Hall–Kier alpha value is -2.10. The van der Waals surface area contributed by atoms with E-state index in [-0.39, 0.29) is 11.4 Å². The fourth-order valence-electron chi connectivity index (χ4n) is 1.33. The molecule has 4 heteroatoms. The van der Waals surface area contributed by atoms with Gasteiger partial charge in [0.1, 0.15) is 0 Å². The summed E-state index contributed by atoms with van der Waals surface area (Å²) in [6.07, 6.45) is 0. The minimum Gasteiger partial charge on any atom is -0.493 e. The summed E-state index contributed by atoms with van der Waals surface area (Å²) in [5, 5.41) is 18.5. The Morgan fingerprint density at radius 3 is 2.71 bits per heavy atom. The lowest BCUT2D eigenvalue weighted by Crippen LogP contribution is -1.97. The Bertz CT molecular complexity index is 508. The molecule has 14 heavy (non-hydrogen) atoms. The lowest BCUT2D eigenvalue weighted by molar-refractivity contribution is 0.0699. The topological polar surface area (TPSA) is 70.4 Å². The standard InChI is InChI=1S/C10H7NO3/c12-9-5-4-6-7(10(13)14)2-1-3-8(6)11-9/h1-5H,(H,11,12)(H,13,14). The van der Waals surface area contributed by atoms with Gasteiger partial charge in [-0.3, -0.25) is 0 Å². The normalized spacial score (nSPS) is 10.3. The first-order valence-electron chi connectivity index (χ1n) is 4.00. The Morgan fingerprint density at radius 1 is 1.21 bits per heavy atom. The maximum atomic E-state index is 10.8. The Labute approximate surface area is 79.4 Å². The van der Waals surface area contributed by atoms with E-state index in [4.69, 9.17) is 10.2 Å². The smallest absolute Gasteiger partial charge is 0.336 e. The lowest BCUT2D eigenvalue weighted by Gasteiger charge is -2.01. The summed E-state index contributed by atoms with van der Waals surface area (Å²) in [5.74, 6) is -1.11. The zero-order valence-corrected chi connectivity index (χ0v) is 7.14. The number of pyridine rings is 1. The number of nitrogens with zero attached hydrogens (tertiary/aromatic N) is 1. The van der Waals surface area contributed by atoms with E-state index in [0.29, 0.717) is 10.9 Å². The highest BCUT2D eigenvalue weighted by atomic mass is 16.4. The van der Waals surface area contributed by atoms with Crippen molar-refractivity contribution in [1.29, 1.82) is 0 Å². The van der Waals surface area contributed by atoms with Gasteiger partial charge in [0, 0.05) is 11.5 Å². The van der Waals surface area contributed by atoms with Crippen molar-refractivity contribution in [2.24, 2.45) is 0 Å². The number of aromatic nitrogens is 1. The fourth-order valence-corrected chi connectivity index (χ4v) is 1.33. The molecular formula is C10H7NO3. The molecule has 0 fully saturated rings. The van der Waals surface area contributed by atoms with Gasteiger partial charge in [0.2, 0.25) is 5.88 Å². The van der Waals surface area contributed by atoms with Crippen molar-refractivity contribution in [3.05, 3.63) is 35.9 Å². The van der Waals surface area contributed by atoms with E-state index in [1.165, 1.54) is 12.1 Å². The molecule has 0 saturated heterocycles. The predicted octanol–water partition coefficient (Wildman–Crippen LogP) is 1.64. The Balaban J connectivity index is 2.81. The molecule has 1 aromatic heterocycles. The van der Waals surface area contributed by atoms with E-state index in [1.807, 2.05) is 0 Å². The number of hydrogen-bond donors (Lipinski definition) is 2. The molecule has 4 nitrogen and oxygen atoms in total. The van der Waals surface area contributed by atoms with E-state index in [9.17, 15) is 4.79 Å². The number of benzene rings is 1. The van der Waals surface area contributed by atoms with Crippen molar-refractivity contribution in [2.45, 2.75) is 0 Å². The van der Waals surface area contributed by atoms with Crippen LogP contribution in [0, 0.1) is 0 Å². The quantitative estimate of drug-likeness (QED) is 0.715. The summed E-state index contributed by atoms with van der Waals surface area (Å²) in [7, 11) is 0. The van der Waals surface area contributed by atoms with Crippen molar-refractivity contribution < 1.29 is 15.0 Å². The molecule has 0 spiro atoms. The second-order valence-electron chi connectivity index (χ2n) is 2.85. The fraction of sp³-hybridized carbons (Fsp3) is 0. The van der Waals surface area contributed by atoms with Gasteiger partial charge in [-0.25, -0.2) is 9.78 Å². The predicted molar refractivity (Wildman–Crippen MR) is 50.4 cm³/mol. The van der Waals surface area contributed by atoms with Crippen LogP contribution in [0.2, 0.25) is 0 Å². The van der Waals surface area contributed by atoms with Crippen LogP contribution in [0.5, 0.6) is 5.88 Å². The molecule has 2 aromatic rings. The third kappa shape index (κ3) is 1.26. The summed E-state index contributed by atoms with van der Waals surface area (Å²) >= 11 is 0. The van der Waals surface area contributed by atoms with E-state index >= 15 is 0 Å². The highest BCUT2D eigenvalue weighted by molar-refractivity contribution is 6.02. The number of rotatable bonds is 1. The number of carboxylic acids is 1. The number of fused-ring (bicyclic) bond motifs is 1. The van der Waals surface area contributed by atoms with Crippen LogP contribution in [0.1, 0.15) is 10.4 Å². The van der Waals surface area contributed by atoms with Crippen molar-refractivity contribution in [3.8, 4) is 5.88 Å². The average molecular weight is 189 g/mol. The van der Waals surface area contributed by atoms with Crippen LogP contribution in [0.3, 0.4) is 0 Å². The molecule has 2 N–H and O–H groups in total. The first-order chi connectivity index (χ1) is 6.68. The van der Waals surface area contributed by atoms with Gasteiger partial charge in [-0.1, -0.05) is 6.07 Å². The summed E-state index contributed by atoms with van der Waals surface area (Å²) in [4.78, 5) is 14.6. The SMILES string of the molecule is O=C(O)c1cccc2nc(O)ccc12. The van der Waals surface area contributed by atoms with E-state index in [1.54, 1.807) is 18.2 Å². The van der Waals surface area contributed by atoms with Gasteiger partial charge >= 0.3 is 5.97 Å². The molecule has 1 heterocycles. The van der Waals surface area contributed by atoms with Gasteiger partial charge in [0.05, 0.1) is 11.1 Å². The van der Waals surface area contributed by atoms with Crippen LogP contribution in [0.4, 0.5) is 0 Å². The maximum Gasteiger partial charge on any atom is 0.336 e. The van der Waals surface area contributed by atoms with Gasteiger partial charge in [0.25, 0.3) is 0 Å². The number of aromatic hydroxyl groups is 1. The van der Waals surface area contributed by atoms with Crippen molar-refractivity contribution in [3.63, 3.8) is 0 Å². The molecule has 2 rings (SSSR count). The third-order valence-corrected chi connectivity index (χ3v) is 1.95. The number of carboxylic acid groups (broad SMARTS) is 1. The zero-order chi connectivity index (χ0) is 10.1. The highest BCUT2D eigenvalue weighted by Crippen LogP contribution is 2.19. The van der Waals surface area contributed by atoms with E-state index in [2.05, 4.69) is 4.98 Å². The van der Waals surface area contributed by atoms with Gasteiger partial charge in [0.15, 0.2) is 0 Å². The molecule has 0 aliphatic rings. The number of aromatic carboxylic acids is 1. The van der Waals surface area contributed by atoms with Crippen molar-refractivity contribution in [1.82, 2.24) is 4.98 Å². The first-order valence-corrected chi connectivity index (χ1v) is 4.00. The van der Waals surface area contributed by atoms with Crippen LogP contribution >= 0.6 is 0 Å². The highest BCUT2D eigenvalue weighted by Gasteiger charge is 2.08. The van der Waals surface area contributed by atoms with Gasteiger partial charge in [-0.15, -0.1) is 0 Å². The van der Waals surface area contributed by atoms with Crippen LogP contribution in [-0.4, -0.2) is 21.2 Å². The lowest BCUT2D eigenvalue weighted by atomic mass is 10.1. The van der Waals surface area contributed by atoms with Crippen LogP contribution in [0.15, 0.2) is 30.3 Å². The minimum atomic E-state index is -0.997. The molecule has 0 saturated carbocycles. The largest absolute Gasteiger partial charge is 0.493 e. The third-order valence-electron chi connectivity index (χ3n) is 1.95. The van der Waals surface area contributed by atoms with E-state index < -0.39 is 5.97 Å². The molecule has 0 bridgehead atoms. The molecule has 0 aliphatic carbocycles. The van der Waals surface area contributed by atoms with Gasteiger partial charge in [-0.2, -0.15) is 0 Å². The van der Waals surface area contributed by atoms with Gasteiger partial charge in [-0.05, 0) is 18.2 Å². The number of carbonyl (C=O) groups is 1. The second kappa shape index (κ2) is 2.99. The van der Waals surface area contributed by atoms with Crippen molar-refractivity contribution >= 4 is 16.9 Å². The summed E-state index contributed by atoms with van der Waals surface area (Å²) in [6, 6.07) is 7.67. The molecule has 0 atom stereocenters. The second-order valence-corrected chi connectivity index (χ2v) is 2.85. The minimum absolute atomic E-state index is 0.111. The molecule has 1 aromatic carbocycles. The molecule has 0 radical (unpaired) electrons. The Morgan fingerprint density at radius 2 is 2.00 bits per heavy atom. The Kier molecular flexibility index (Phi) is 1.81. The van der Waals surface area contributed by atoms with E-state index in [0.717, 1.165) is 0 Å².